The van der Waals surface area contributed by atoms with Gasteiger partial charge in [-0.2, -0.15) is 0 Å². The van der Waals surface area contributed by atoms with Gasteiger partial charge in [-0.15, -0.1) is 0 Å². The molecule has 1 N–H and O–H groups in total. The molecular weight excluding hydrogens is 328 g/mol. The van der Waals surface area contributed by atoms with Crippen LogP contribution in [0.15, 0.2) is 48.5 Å². The van der Waals surface area contributed by atoms with Crippen molar-refractivity contribution in [3.05, 3.63) is 54.4 Å². The average Bonchev–Trinajstić information content (AvgIpc) is 3.06. The van der Waals surface area contributed by atoms with Gasteiger partial charge in [-0.1, -0.05) is 25.1 Å². The molecule has 1 atom stereocenters. The van der Waals surface area contributed by atoms with Gasteiger partial charge in [0.25, 0.3) is 0 Å². The highest BCUT2D eigenvalue weighted by Crippen LogP contribution is 2.23. The Morgan fingerprint density at radius 2 is 1.88 bits per heavy atom. The van der Waals surface area contributed by atoms with Gasteiger partial charge in [0, 0.05) is 12.6 Å². The van der Waals surface area contributed by atoms with Crippen LogP contribution in [0.5, 0.6) is 11.5 Å². The molecule has 2 aromatic carbocycles. The van der Waals surface area contributed by atoms with Crippen LogP contribution >= 0.6 is 0 Å². The Bertz CT molecular complexity index is 844. The Morgan fingerprint density at radius 1 is 1.08 bits per heavy atom. The molecule has 0 aliphatic rings. The zero-order chi connectivity index (χ0) is 18.4. The number of methoxy groups -OCH3 is 1. The second-order valence-corrected chi connectivity index (χ2v) is 6.27. The summed E-state index contributed by atoms with van der Waals surface area (Å²) in [6, 6.07) is 15.7. The first-order valence-electron chi connectivity index (χ1n) is 9.13. The number of fused-ring (bicyclic) bond motifs is 1. The fourth-order valence-corrected chi connectivity index (χ4v) is 3.02. The first-order chi connectivity index (χ1) is 12.7. The Kier molecular flexibility index (Phi) is 6.12. The number of rotatable bonds is 9. The number of imidazole rings is 1. The number of para-hydroxylation sites is 2. The molecule has 138 valence electrons. The van der Waals surface area contributed by atoms with E-state index in [2.05, 4.69) is 15.6 Å². The van der Waals surface area contributed by atoms with Crippen LogP contribution in [0.4, 0.5) is 0 Å². The summed E-state index contributed by atoms with van der Waals surface area (Å²) in [6.45, 7) is 3.43. The minimum absolute atomic E-state index is 0.532. The van der Waals surface area contributed by atoms with Crippen LogP contribution in [0.25, 0.3) is 11.0 Å². The van der Waals surface area contributed by atoms with E-state index in [1.807, 2.05) is 49.4 Å². The van der Waals surface area contributed by atoms with Gasteiger partial charge in [-0.05, 0) is 43.5 Å². The monoisotopic (exact) mass is 354 g/mol. The maximum atomic E-state index is 10.3. The van der Waals surface area contributed by atoms with Crippen LogP contribution in [0.1, 0.15) is 38.1 Å². The quantitative estimate of drug-likeness (QED) is 0.581. The summed E-state index contributed by atoms with van der Waals surface area (Å²) >= 11 is 0. The Labute approximate surface area is 154 Å². The van der Waals surface area contributed by atoms with Crippen LogP contribution in [0.3, 0.4) is 0 Å². The summed E-state index contributed by atoms with van der Waals surface area (Å²) in [5.41, 5.74) is 2.01. The lowest BCUT2D eigenvalue weighted by molar-refractivity contribution is 0.159. The smallest absolute Gasteiger partial charge is 0.138 e. The minimum atomic E-state index is -0.532. The van der Waals surface area contributed by atoms with Crippen LogP contribution in [-0.4, -0.2) is 28.4 Å². The number of unbranched alkanes of at least 4 members (excludes halogenated alkanes) is 1. The third-order valence-corrected chi connectivity index (χ3v) is 4.45. The molecule has 0 aliphatic heterocycles. The predicted molar refractivity (Wildman–Crippen MR) is 103 cm³/mol. The third-order valence-electron chi connectivity index (χ3n) is 4.45. The van der Waals surface area contributed by atoms with Crippen molar-refractivity contribution in [1.82, 2.24) is 9.55 Å². The van der Waals surface area contributed by atoms with Gasteiger partial charge in [0.15, 0.2) is 0 Å². The summed E-state index contributed by atoms with van der Waals surface area (Å²) in [5.74, 6) is 2.37. The molecule has 0 spiro atoms. The topological polar surface area (TPSA) is 56.5 Å². The Hall–Kier alpha value is -2.53. The van der Waals surface area contributed by atoms with Gasteiger partial charge in [0.1, 0.15) is 23.4 Å². The molecule has 1 unspecified atom stereocenters. The van der Waals surface area contributed by atoms with Gasteiger partial charge in [-0.3, -0.25) is 0 Å². The molecule has 3 rings (SSSR count). The van der Waals surface area contributed by atoms with E-state index in [0.29, 0.717) is 13.0 Å². The molecule has 0 fully saturated rings. The van der Waals surface area contributed by atoms with Crippen molar-refractivity contribution in [3.63, 3.8) is 0 Å². The van der Waals surface area contributed by atoms with E-state index in [9.17, 15) is 5.11 Å². The van der Waals surface area contributed by atoms with E-state index < -0.39 is 6.10 Å². The van der Waals surface area contributed by atoms with Gasteiger partial charge in [0.05, 0.1) is 24.8 Å². The largest absolute Gasteiger partial charge is 0.497 e. The van der Waals surface area contributed by atoms with E-state index in [4.69, 9.17) is 9.47 Å². The summed E-state index contributed by atoms with van der Waals surface area (Å²) in [7, 11) is 1.65. The number of hydrogen-bond acceptors (Lipinski definition) is 4. The number of benzene rings is 2. The highest BCUT2D eigenvalue weighted by atomic mass is 16.5. The van der Waals surface area contributed by atoms with Crippen LogP contribution in [-0.2, 0) is 6.54 Å². The number of aromatic nitrogens is 2. The molecule has 5 heteroatoms. The number of aliphatic hydroxyl groups is 1. The first kappa shape index (κ1) is 18.3. The van der Waals surface area contributed by atoms with Crippen LogP contribution < -0.4 is 9.47 Å². The predicted octanol–water partition coefficient (Wildman–Crippen LogP) is 4.35. The summed E-state index contributed by atoms with van der Waals surface area (Å²) < 4.78 is 13.1. The normalized spacial score (nSPS) is 12.3. The van der Waals surface area contributed by atoms with Crippen LogP contribution in [0, 0.1) is 0 Å². The number of aliphatic hydroxyl groups excluding tert-OH is 1. The van der Waals surface area contributed by atoms with Crippen molar-refractivity contribution >= 4 is 11.0 Å². The van der Waals surface area contributed by atoms with E-state index in [1.165, 1.54) is 0 Å². The van der Waals surface area contributed by atoms with Gasteiger partial charge < -0.3 is 19.1 Å². The van der Waals surface area contributed by atoms with Gasteiger partial charge >= 0.3 is 0 Å². The zero-order valence-electron chi connectivity index (χ0n) is 15.4. The third kappa shape index (κ3) is 4.17. The lowest BCUT2D eigenvalue weighted by atomic mass is 10.2. The molecule has 1 heterocycles. The molecule has 5 nitrogen and oxygen atoms in total. The number of hydrogen-bond donors (Lipinski definition) is 1. The van der Waals surface area contributed by atoms with E-state index >= 15 is 0 Å². The number of nitrogens with zero attached hydrogens (tertiary/aromatic N) is 2. The van der Waals surface area contributed by atoms with Crippen molar-refractivity contribution in [1.29, 1.82) is 0 Å². The summed E-state index contributed by atoms with van der Waals surface area (Å²) in [4.78, 5) is 4.62. The number of aryl methyl sites for hydroxylation is 1. The molecule has 0 saturated carbocycles. The van der Waals surface area contributed by atoms with Crippen LogP contribution in [0.2, 0.25) is 0 Å². The standard InChI is InChI=1S/C21H26N2O3/c1-3-20(24)21-22-18-11-4-5-12-19(18)23(21)13-6-7-14-26-17-10-8-9-16(15-17)25-2/h4-5,8-12,15,20,24H,3,6-7,13-14H2,1-2H3. The maximum absolute atomic E-state index is 10.3. The van der Waals surface area contributed by atoms with Crippen molar-refractivity contribution < 1.29 is 14.6 Å². The van der Waals surface area contributed by atoms with Crippen molar-refractivity contribution in [2.24, 2.45) is 0 Å². The molecule has 0 amide bonds. The Morgan fingerprint density at radius 3 is 2.69 bits per heavy atom. The van der Waals surface area contributed by atoms with E-state index in [1.54, 1.807) is 7.11 Å². The lowest BCUT2D eigenvalue weighted by Gasteiger charge is -2.13. The molecular formula is C21H26N2O3. The number of ether oxygens (including phenoxy) is 2. The highest BCUT2D eigenvalue weighted by molar-refractivity contribution is 5.76. The maximum Gasteiger partial charge on any atom is 0.138 e. The molecule has 0 aliphatic carbocycles. The molecule has 0 bridgehead atoms. The Balaban J connectivity index is 1.59. The fourth-order valence-electron chi connectivity index (χ4n) is 3.02. The lowest BCUT2D eigenvalue weighted by Crippen LogP contribution is -2.09. The molecule has 3 aromatic rings. The van der Waals surface area contributed by atoms with E-state index in [-0.39, 0.29) is 0 Å². The first-order valence-corrected chi connectivity index (χ1v) is 9.13. The minimum Gasteiger partial charge on any atom is -0.497 e. The molecule has 1 aromatic heterocycles. The molecule has 26 heavy (non-hydrogen) atoms. The van der Waals surface area contributed by atoms with Crippen molar-refractivity contribution in [2.75, 3.05) is 13.7 Å². The second-order valence-electron chi connectivity index (χ2n) is 6.27. The molecule has 0 radical (unpaired) electrons. The van der Waals surface area contributed by atoms with Crippen molar-refractivity contribution in [2.45, 2.75) is 38.8 Å². The van der Waals surface area contributed by atoms with Crippen molar-refractivity contribution in [3.8, 4) is 11.5 Å². The summed E-state index contributed by atoms with van der Waals surface area (Å²) in [6.07, 6.45) is 2.00. The highest BCUT2D eigenvalue weighted by Gasteiger charge is 2.16. The SMILES string of the molecule is CCC(O)c1nc2ccccc2n1CCCCOc1cccc(OC)c1. The van der Waals surface area contributed by atoms with Gasteiger partial charge in [-0.25, -0.2) is 4.98 Å². The average molecular weight is 354 g/mol. The molecule has 0 saturated heterocycles. The van der Waals surface area contributed by atoms with E-state index in [0.717, 1.165) is 47.7 Å². The van der Waals surface area contributed by atoms with Gasteiger partial charge in [0.2, 0.25) is 0 Å². The fraction of sp³-hybridized carbons (Fsp3) is 0.381. The zero-order valence-corrected chi connectivity index (χ0v) is 15.4. The summed E-state index contributed by atoms with van der Waals surface area (Å²) in [5, 5.41) is 10.3. The second kappa shape index (κ2) is 8.72.